The Hall–Kier alpha value is -2.01. The molecule has 1 amide bonds. The van der Waals surface area contributed by atoms with Gasteiger partial charge in [-0.05, 0) is 38.5 Å². The van der Waals surface area contributed by atoms with Crippen LogP contribution in [0.25, 0.3) is 0 Å². The Bertz CT molecular complexity index is 647. The number of nitrogens with zero attached hydrogens (tertiary/aromatic N) is 2. The largest absolute Gasteiger partial charge is 0.495 e. The number of carbonyl (C=O) groups excluding carboxylic acids is 1. The van der Waals surface area contributed by atoms with Crippen LogP contribution in [0.1, 0.15) is 24.2 Å². The maximum atomic E-state index is 12.3. The predicted octanol–water partition coefficient (Wildman–Crippen LogP) is 3.36. The van der Waals surface area contributed by atoms with Gasteiger partial charge in [0.2, 0.25) is 5.91 Å². The number of carbonyl (C=O) groups is 1. The molecule has 1 heterocycles. The van der Waals surface area contributed by atoms with Crippen LogP contribution in [0.4, 0.5) is 5.69 Å². The van der Waals surface area contributed by atoms with Gasteiger partial charge < -0.3 is 10.1 Å². The van der Waals surface area contributed by atoms with Gasteiger partial charge in [-0.3, -0.25) is 9.48 Å². The number of aromatic nitrogens is 2. The summed E-state index contributed by atoms with van der Waals surface area (Å²) in [5, 5.41) is 7.63. The predicted molar refractivity (Wildman–Crippen MR) is 83.0 cm³/mol. The Morgan fingerprint density at radius 1 is 1.43 bits per heavy atom. The molecule has 0 aliphatic rings. The van der Waals surface area contributed by atoms with Crippen LogP contribution in [0, 0.1) is 13.8 Å². The van der Waals surface area contributed by atoms with Crippen molar-refractivity contribution in [1.82, 2.24) is 9.78 Å². The second kappa shape index (κ2) is 6.18. The summed E-state index contributed by atoms with van der Waals surface area (Å²) >= 11 is 5.97. The number of ether oxygens (including phenoxy) is 1. The van der Waals surface area contributed by atoms with E-state index in [0.717, 1.165) is 5.56 Å². The van der Waals surface area contributed by atoms with E-state index in [2.05, 4.69) is 10.4 Å². The Kier molecular flexibility index (Phi) is 4.53. The monoisotopic (exact) mass is 307 g/mol. The summed E-state index contributed by atoms with van der Waals surface area (Å²) in [6, 6.07) is 5.14. The number of rotatable bonds is 4. The van der Waals surface area contributed by atoms with Gasteiger partial charge in [0.15, 0.2) is 0 Å². The van der Waals surface area contributed by atoms with Gasteiger partial charge in [0.05, 0.1) is 23.5 Å². The van der Waals surface area contributed by atoms with Crippen molar-refractivity contribution in [3.05, 3.63) is 40.7 Å². The van der Waals surface area contributed by atoms with Crippen LogP contribution in [0.3, 0.4) is 0 Å². The summed E-state index contributed by atoms with van der Waals surface area (Å²) in [6.45, 7) is 5.52. The summed E-state index contributed by atoms with van der Waals surface area (Å²) in [6.07, 6.45) is 1.65. The summed E-state index contributed by atoms with van der Waals surface area (Å²) in [4.78, 5) is 12.3. The first kappa shape index (κ1) is 15.4. The number of hydrogen-bond acceptors (Lipinski definition) is 3. The van der Waals surface area contributed by atoms with Crippen LogP contribution in [0.15, 0.2) is 24.4 Å². The van der Waals surface area contributed by atoms with Gasteiger partial charge in [-0.2, -0.15) is 5.10 Å². The van der Waals surface area contributed by atoms with E-state index in [1.807, 2.05) is 25.1 Å². The summed E-state index contributed by atoms with van der Waals surface area (Å²) in [7, 11) is 1.57. The number of benzene rings is 1. The Balaban J connectivity index is 2.19. The zero-order valence-corrected chi connectivity index (χ0v) is 13.2. The average Bonchev–Trinajstić information content (AvgIpc) is 2.78. The van der Waals surface area contributed by atoms with Crippen molar-refractivity contribution in [3.63, 3.8) is 0 Å². The number of methoxy groups -OCH3 is 1. The summed E-state index contributed by atoms with van der Waals surface area (Å²) < 4.78 is 6.80. The second-order valence-electron chi connectivity index (χ2n) is 4.91. The fourth-order valence-electron chi connectivity index (χ4n) is 1.93. The molecule has 2 rings (SSSR count). The molecule has 0 spiro atoms. The molecule has 21 heavy (non-hydrogen) atoms. The molecule has 0 saturated carbocycles. The Morgan fingerprint density at radius 2 is 2.14 bits per heavy atom. The number of hydrogen-bond donors (Lipinski definition) is 1. The molecule has 6 heteroatoms. The normalized spacial score (nSPS) is 12.0. The molecule has 1 aromatic heterocycles. The smallest absolute Gasteiger partial charge is 0.249 e. The van der Waals surface area contributed by atoms with Crippen LogP contribution >= 0.6 is 11.6 Å². The third-order valence-corrected chi connectivity index (χ3v) is 3.62. The molecular weight excluding hydrogens is 290 g/mol. The van der Waals surface area contributed by atoms with E-state index < -0.39 is 6.04 Å². The van der Waals surface area contributed by atoms with Crippen molar-refractivity contribution in [2.75, 3.05) is 12.4 Å². The fourth-order valence-corrected chi connectivity index (χ4v) is 2.07. The van der Waals surface area contributed by atoms with E-state index in [1.54, 1.807) is 31.8 Å². The highest BCUT2D eigenvalue weighted by molar-refractivity contribution is 6.31. The topological polar surface area (TPSA) is 56.1 Å². The van der Waals surface area contributed by atoms with Crippen molar-refractivity contribution in [2.45, 2.75) is 26.8 Å². The molecule has 1 unspecified atom stereocenters. The average molecular weight is 308 g/mol. The SMILES string of the molecule is COc1ccc(C)cc1NC(=O)C(C)n1cc(Cl)c(C)n1. The molecule has 0 saturated heterocycles. The fraction of sp³-hybridized carbons (Fsp3) is 0.333. The first-order valence-corrected chi connectivity index (χ1v) is 6.97. The molecule has 112 valence electrons. The molecule has 5 nitrogen and oxygen atoms in total. The lowest BCUT2D eigenvalue weighted by molar-refractivity contribution is -0.119. The molecule has 1 atom stereocenters. The number of aryl methyl sites for hydroxylation is 2. The third kappa shape index (κ3) is 3.36. The van der Waals surface area contributed by atoms with E-state index in [4.69, 9.17) is 16.3 Å². The molecule has 0 aliphatic heterocycles. The maximum absolute atomic E-state index is 12.3. The van der Waals surface area contributed by atoms with Gasteiger partial charge in [0.1, 0.15) is 11.8 Å². The standard InChI is InChI=1S/C15H18ClN3O2/c1-9-5-6-14(21-4)13(7-9)17-15(20)11(3)19-8-12(16)10(2)18-19/h5-8,11H,1-4H3,(H,17,20). The minimum Gasteiger partial charge on any atom is -0.495 e. The van der Waals surface area contributed by atoms with Crippen molar-refractivity contribution in [3.8, 4) is 5.75 Å². The van der Waals surface area contributed by atoms with Gasteiger partial charge >= 0.3 is 0 Å². The lowest BCUT2D eigenvalue weighted by atomic mass is 10.2. The van der Waals surface area contributed by atoms with E-state index in [9.17, 15) is 4.79 Å². The minimum atomic E-state index is -0.471. The Labute approximate surface area is 128 Å². The molecule has 1 N–H and O–H groups in total. The van der Waals surface area contributed by atoms with Gasteiger partial charge in [0, 0.05) is 6.20 Å². The van der Waals surface area contributed by atoms with Crippen LogP contribution in [0.2, 0.25) is 5.02 Å². The number of amides is 1. The molecule has 0 fully saturated rings. The van der Waals surface area contributed by atoms with E-state index in [1.165, 1.54) is 0 Å². The lowest BCUT2D eigenvalue weighted by Crippen LogP contribution is -2.24. The molecule has 0 radical (unpaired) electrons. The second-order valence-corrected chi connectivity index (χ2v) is 5.32. The quantitative estimate of drug-likeness (QED) is 0.942. The number of halogens is 1. The lowest BCUT2D eigenvalue weighted by Gasteiger charge is -2.15. The van der Waals surface area contributed by atoms with E-state index in [0.29, 0.717) is 22.2 Å². The molecule has 0 aliphatic carbocycles. The van der Waals surface area contributed by atoms with Crippen molar-refractivity contribution < 1.29 is 9.53 Å². The first-order valence-electron chi connectivity index (χ1n) is 6.59. The molecule has 2 aromatic rings. The van der Waals surface area contributed by atoms with Gasteiger partial charge in [-0.15, -0.1) is 0 Å². The Morgan fingerprint density at radius 3 is 2.71 bits per heavy atom. The maximum Gasteiger partial charge on any atom is 0.249 e. The van der Waals surface area contributed by atoms with E-state index in [-0.39, 0.29) is 5.91 Å². The zero-order chi connectivity index (χ0) is 15.6. The highest BCUT2D eigenvalue weighted by Crippen LogP contribution is 2.26. The van der Waals surface area contributed by atoms with Crippen LogP contribution in [0.5, 0.6) is 5.75 Å². The summed E-state index contributed by atoms with van der Waals surface area (Å²) in [5.74, 6) is 0.439. The molecular formula is C15H18ClN3O2. The van der Waals surface area contributed by atoms with Gasteiger partial charge in [0.25, 0.3) is 0 Å². The van der Waals surface area contributed by atoms with Crippen LogP contribution in [-0.2, 0) is 4.79 Å². The minimum absolute atomic E-state index is 0.182. The zero-order valence-electron chi connectivity index (χ0n) is 12.5. The van der Waals surface area contributed by atoms with Crippen molar-refractivity contribution >= 4 is 23.2 Å². The van der Waals surface area contributed by atoms with Crippen molar-refractivity contribution in [1.29, 1.82) is 0 Å². The van der Waals surface area contributed by atoms with Gasteiger partial charge in [-0.25, -0.2) is 0 Å². The van der Waals surface area contributed by atoms with Crippen LogP contribution < -0.4 is 10.1 Å². The van der Waals surface area contributed by atoms with Crippen LogP contribution in [-0.4, -0.2) is 22.8 Å². The molecule has 1 aromatic carbocycles. The molecule has 0 bridgehead atoms. The summed E-state index contributed by atoms with van der Waals surface area (Å²) in [5.41, 5.74) is 2.38. The van der Waals surface area contributed by atoms with Gasteiger partial charge in [-0.1, -0.05) is 17.7 Å². The van der Waals surface area contributed by atoms with E-state index >= 15 is 0 Å². The first-order chi connectivity index (χ1) is 9.92. The third-order valence-electron chi connectivity index (χ3n) is 3.25. The number of anilines is 1. The highest BCUT2D eigenvalue weighted by Gasteiger charge is 2.18. The highest BCUT2D eigenvalue weighted by atomic mass is 35.5. The van der Waals surface area contributed by atoms with Crippen molar-refractivity contribution in [2.24, 2.45) is 0 Å². The number of nitrogens with one attached hydrogen (secondary N) is 1.